The average Bonchev–Trinajstić information content (AvgIpc) is 3.05. The van der Waals surface area contributed by atoms with Crippen LogP contribution in [-0.4, -0.2) is 57.1 Å². The number of carboxylic acids is 1. The van der Waals surface area contributed by atoms with Gasteiger partial charge in [0.2, 0.25) is 0 Å². The summed E-state index contributed by atoms with van der Waals surface area (Å²) in [6, 6.07) is 7.17. The van der Waals surface area contributed by atoms with E-state index in [0.29, 0.717) is 11.5 Å². The Labute approximate surface area is 132 Å². The number of aromatic hydroxyl groups is 1. The molecule has 0 saturated carbocycles. The van der Waals surface area contributed by atoms with Crippen LogP contribution in [0.25, 0.3) is 0 Å². The Kier molecular flexibility index (Phi) is 4.35. The highest BCUT2D eigenvalue weighted by atomic mass is 32.2. The van der Waals surface area contributed by atoms with Gasteiger partial charge in [-0.3, -0.25) is 15.0 Å². The van der Waals surface area contributed by atoms with Gasteiger partial charge < -0.3 is 10.2 Å². The van der Waals surface area contributed by atoms with Crippen molar-refractivity contribution < 1.29 is 15.0 Å². The molecule has 114 valence electrons. The van der Waals surface area contributed by atoms with Gasteiger partial charge in [0.05, 0.1) is 10.7 Å². The predicted octanol–water partition coefficient (Wildman–Crippen LogP) is 1.55. The maximum atomic E-state index is 11.2. The molecule has 5 nitrogen and oxygen atoms in total. The van der Waals surface area contributed by atoms with Crippen LogP contribution in [0.2, 0.25) is 0 Å². The van der Waals surface area contributed by atoms with Crippen LogP contribution in [0.4, 0.5) is 0 Å². The van der Waals surface area contributed by atoms with Crippen molar-refractivity contribution in [3.05, 3.63) is 29.8 Å². The second-order valence-corrected chi connectivity index (χ2v) is 7.58. The number of nitrogens with one attached hydrogen (secondary N) is 1. The second kappa shape index (κ2) is 6.08. The zero-order valence-corrected chi connectivity index (χ0v) is 13.2. The molecule has 0 bridgehead atoms. The van der Waals surface area contributed by atoms with Crippen LogP contribution in [-0.2, 0) is 4.79 Å². The van der Waals surface area contributed by atoms with Crippen molar-refractivity contribution in [1.29, 1.82) is 0 Å². The number of phenols is 1. The van der Waals surface area contributed by atoms with E-state index < -0.39 is 12.0 Å². The first-order valence-corrected chi connectivity index (χ1v) is 8.89. The van der Waals surface area contributed by atoms with E-state index in [-0.39, 0.29) is 16.8 Å². The fourth-order valence-electron chi connectivity index (χ4n) is 2.79. The molecule has 3 N–H and O–H groups in total. The number of likely N-dealkylation sites (N-methyl/N-ethyl adjacent to an activating group) is 1. The highest BCUT2D eigenvalue weighted by Crippen LogP contribution is 2.41. The molecule has 0 aliphatic carbocycles. The molecule has 7 heteroatoms. The lowest BCUT2D eigenvalue weighted by Crippen LogP contribution is -2.47. The van der Waals surface area contributed by atoms with Crippen molar-refractivity contribution >= 4 is 29.5 Å². The van der Waals surface area contributed by atoms with Crippen LogP contribution < -0.4 is 5.32 Å². The maximum absolute atomic E-state index is 11.2. The summed E-state index contributed by atoms with van der Waals surface area (Å²) in [6.07, 6.45) is 0. The van der Waals surface area contributed by atoms with Crippen molar-refractivity contribution in [3.63, 3.8) is 0 Å². The van der Waals surface area contributed by atoms with E-state index in [2.05, 4.69) is 5.32 Å². The Bertz CT molecular complexity index is 543. The topological polar surface area (TPSA) is 72.8 Å². The van der Waals surface area contributed by atoms with E-state index in [1.807, 2.05) is 30.1 Å². The van der Waals surface area contributed by atoms with Crippen molar-refractivity contribution in [2.45, 2.75) is 22.8 Å². The van der Waals surface area contributed by atoms with E-state index in [0.717, 1.165) is 11.3 Å². The molecular formula is C14H18N2O3S2. The monoisotopic (exact) mass is 326 g/mol. The number of aliphatic carboxylic acids is 1. The molecule has 4 atom stereocenters. The minimum atomic E-state index is -0.754. The summed E-state index contributed by atoms with van der Waals surface area (Å²) < 4.78 is 0. The van der Waals surface area contributed by atoms with Gasteiger partial charge in [-0.2, -0.15) is 0 Å². The number of hydrogen-bond acceptors (Lipinski definition) is 6. The lowest BCUT2D eigenvalue weighted by atomic mass is 10.2. The molecule has 1 unspecified atom stereocenters. The fraction of sp³-hybridized carbons (Fsp3) is 0.500. The Morgan fingerprint density at radius 2 is 2.10 bits per heavy atom. The van der Waals surface area contributed by atoms with Gasteiger partial charge in [-0.05, 0) is 13.1 Å². The van der Waals surface area contributed by atoms with Gasteiger partial charge in [-0.25, -0.2) is 0 Å². The minimum Gasteiger partial charge on any atom is -0.508 e. The minimum absolute atomic E-state index is 0.0640. The Morgan fingerprint density at radius 1 is 1.33 bits per heavy atom. The molecule has 0 aromatic heterocycles. The van der Waals surface area contributed by atoms with Gasteiger partial charge in [-0.1, -0.05) is 18.2 Å². The molecular weight excluding hydrogens is 308 g/mol. The maximum Gasteiger partial charge on any atom is 0.321 e. The molecule has 0 radical (unpaired) electrons. The number of nitrogens with zero attached hydrogens (tertiary/aromatic N) is 1. The second-order valence-electron chi connectivity index (χ2n) is 5.29. The third-order valence-electron chi connectivity index (χ3n) is 3.97. The normalized spacial score (nSPS) is 33.4. The van der Waals surface area contributed by atoms with E-state index in [1.165, 1.54) is 0 Å². The average molecular weight is 326 g/mol. The van der Waals surface area contributed by atoms with Crippen molar-refractivity contribution in [2.75, 3.05) is 18.6 Å². The SMILES string of the molecule is CN1[C@@H]([C@@H]2CSC(c3ccccc3O)N2)SC[C@H]1C(=O)O. The van der Waals surface area contributed by atoms with E-state index >= 15 is 0 Å². The number of rotatable bonds is 3. The van der Waals surface area contributed by atoms with Gasteiger partial charge in [-0.15, -0.1) is 23.5 Å². The van der Waals surface area contributed by atoms with Gasteiger partial charge in [0.15, 0.2) is 0 Å². The first kappa shape index (κ1) is 15.0. The van der Waals surface area contributed by atoms with E-state index in [4.69, 9.17) is 0 Å². The molecule has 1 aromatic rings. The molecule has 1 aromatic carbocycles. The Hall–Kier alpha value is -0.890. The molecule has 3 rings (SSSR count). The van der Waals surface area contributed by atoms with Gasteiger partial charge in [0.1, 0.15) is 11.8 Å². The van der Waals surface area contributed by atoms with Crippen LogP contribution >= 0.6 is 23.5 Å². The number of benzene rings is 1. The summed E-state index contributed by atoms with van der Waals surface area (Å²) in [5, 5.41) is 22.9. The van der Waals surface area contributed by atoms with Gasteiger partial charge in [0, 0.05) is 23.1 Å². The Morgan fingerprint density at radius 3 is 2.76 bits per heavy atom. The highest BCUT2D eigenvalue weighted by Gasteiger charge is 2.42. The quantitative estimate of drug-likeness (QED) is 0.778. The highest BCUT2D eigenvalue weighted by molar-refractivity contribution is 8.01. The molecule has 0 amide bonds. The molecule has 2 aliphatic heterocycles. The number of carboxylic acid groups (broad SMARTS) is 1. The molecule has 2 saturated heterocycles. The lowest BCUT2D eigenvalue weighted by Gasteiger charge is -2.27. The molecule has 2 aliphatic rings. The van der Waals surface area contributed by atoms with Gasteiger partial charge >= 0.3 is 5.97 Å². The third-order valence-corrected chi connectivity index (χ3v) is 6.76. The van der Waals surface area contributed by atoms with Crippen molar-refractivity contribution in [2.24, 2.45) is 0 Å². The molecule has 0 spiro atoms. The number of thioether (sulfide) groups is 2. The number of hydrogen-bond donors (Lipinski definition) is 3. The molecule has 2 heterocycles. The van der Waals surface area contributed by atoms with Crippen LogP contribution in [0.3, 0.4) is 0 Å². The number of phenolic OH excluding ortho intramolecular Hbond substituents is 1. The Balaban J connectivity index is 1.68. The smallest absolute Gasteiger partial charge is 0.321 e. The summed E-state index contributed by atoms with van der Waals surface area (Å²) in [5.74, 6) is 1.09. The largest absolute Gasteiger partial charge is 0.508 e. The summed E-state index contributed by atoms with van der Waals surface area (Å²) in [4.78, 5) is 13.1. The van der Waals surface area contributed by atoms with Crippen molar-refractivity contribution in [1.82, 2.24) is 10.2 Å². The standard InChI is InChI=1S/C14H18N2O3S2/c1-16-10(14(18)19)7-21-13(16)9-6-20-12(15-9)8-4-2-3-5-11(8)17/h2-5,9-10,12-13,15,17H,6-7H2,1H3,(H,18,19)/t9-,10-,12?,13+/m0/s1. The van der Waals surface area contributed by atoms with Crippen LogP contribution in [0.1, 0.15) is 10.9 Å². The number of para-hydroxylation sites is 1. The third kappa shape index (κ3) is 2.88. The summed E-state index contributed by atoms with van der Waals surface area (Å²) in [5.41, 5.74) is 0.894. The lowest BCUT2D eigenvalue weighted by molar-refractivity contribution is -0.141. The number of carbonyl (C=O) groups is 1. The van der Waals surface area contributed by atoms with Crippen LogP contribution in [0.5, 0.6) is 5.75 Å². The van der Waals surface area contributed by atoms with E-state index in [1.54, 1.807) is 29.6 Å². The first-order chi connectivity index (χ1) is 10.1. The zero-order valence-electron chi connectivity index (χ0n) is 11.6. The zero-order chi connectivity index (χ0) is 15.0. The fourth-order valence-corrected chi connectivity index (χ4v) is 5.79. The summed E-state index contributed by atoms with van der Waals surface area (Å²) >= 11 is 3.45. The first-order valence-electron chi connectivity index (χ1n) is 6.80. The molecule has 21 heavy (non-hydrogen) atoms. The van der Waals surface area contributed by atoms with Gasteiger partial charge in [0.25, 0.3) is 0 Å². The van der Waals surface area contributed by atoms with Crippen LogP contribution in [0.15, 0.2) is 24.3 Å². The predicted molar refractivity (Wildman–Crippen MR) is 85.7 cm³/mol. The van der Waals surface area contributed by atoms with E-state index in [9.17, 15) is 15.0 Å². The van der Waals surface area contributed by atoms with Crippen LogP contribution in [0, 0.1) is 0 Å². The van der Waals surface area contributed by atoms with Crippen molar-refractivity contribution in [3.8, 4) is 5.75 Å². The summed E-state index contributed by atoms with van der Waals surface area (Å²) in [7, 11) is 1.88. The molecule has 2 fully saturated rings. The summed E-state index contributed by atoms with van der Waals surface area (Å²) in [6.45, 7) is 0.